The van der Waals surface area contributed by atoms with Crippen LogP contribution in [0.1, 0.15) is 72.1 Å². The maximum Gasteiger partial charge on any atom is 0.229 e. The Labute approximate surface area is 146 Å². The first kappa shape index (κ1) is 15.8. The molecule has 128 valence electrons. The molecule has 2 aliphatic rings. The highest BCUT2D eigenvalue weighted by Gasteiger charge is 2.32. The summed E-state index contributed by atoms with van der Waals surface area (Å²) < 4.78 is 5.38. The number of hydrogen-bond donors (Lipinski definition) is 0. The van der Waals surface area contributed by atoms with Gasteiger partial charge in [-0.15, -0.1) is 0 Å². The molecule has 1 saturated carbocycles. The van der Waals surface area contributed by atoms with Crippen LogP contribution in [0.15, 0.2) is 22.7 Å². The minimum absolute atomic E-state index is 0.0139. The molecule has 6 heteroatoms. The van der Waals surface area contributed by atoms with Crippen LogP contribution in [0.4, 0.5) is 5.69 Å². The van der Waals surface area contributed by atoms with E-state index in [-0.39, 0.29) is 5.78 Å². The second-order valence-corrected chi connectivity index (χ2v) is 6.93. The van der Waals surface area contributed by atoms with Crippen LogP contribution in [0.25, 0.3) is 0 Å². The minimum Gasteiger partial charge on any atom is -0.370 e. The highest BCUT2D eigenvalue weighted by molar-refractivity contribution is 5.95. The molecule has 2 heterocycles. The molecule has 0 atom stereocenters. The summed E-state index contributed by atoms with van der Waals surface area (Å²) in [7, 11) is 0. The summed E-state index contributed by atoms with van der Waals surface area (Å²) in [5.41, 5.74) is 2.10. The summed E-state index contributed by atoms with van der Waals surface area (Å²) in [4.78, 5) is 18.4. The molecule has 1 aromatic carbocycles. The zero-order chi connectivity index (χ0) is 17.4. The van der Waals surface area contributed by atoms with Crippen LogP contribution in [-0.4, -0.2) is 29.0 Å². The zero-order valence-electron chi connectivity index (χ0n) is 14.2. The molecule has 1 aliphatic heterocycles. The number of anilines is 1. The molecule has 1 aromatic heterocycles. The van der Waals surface area contributed by atoms with Crippen LogP contribution < -0.4 is 4.90 Å². The van der Waals surface area contributed by atoms with Gasteiger partial charge in [0, 0.05) is 30.5 Å². The minimum atomic E-state index is 0.0139. The summed E-state index contributed by atoms with van der Waals surface area (Å²) in [5, 5.41) is 13.5. The largest absolute Gasteiger partial charge is 0.370 e. The van der Waals surface area contributed by atoms with Gasteiger partial charge in [0.05, 0.1) is 11.3 Å². The molecule has 0 spiro atoms. The second-order valence-electron chi connectivity index (χ2n) is 6.93. The van der Waals surface area contributed by atoms with Crippen LogP contribution >= 0.6 is 0 Å². The predicted octanol–water partition coefficient (Wildman–Crippen LogP) is 3.41. The van der Waals surface area contributed by atoms with Gasteiger partial charge in [0.15, 0.2) is 11.6 Å². The Kier molecular flexibility index (Phi) is 4.00. The molecule has 6 nitrogen and oxygen atoms in total. The lowest BCUT2D eigenvalue weighted by Crippen LogP contribution is -2.33. The molecule has 4 rings (SSSR count). The molecule has 2 fully saturated rings. The first-order valence-corrected chi connectivity index (χ1v) is 8.79. The van der Waals surface area contributed by atoms with E-state index in [1.54, 1.807) is 19.1 Å². The number of piperidine rings is 1. The van der Waals surface area contributed by atoms with E-state index in [0.717, 1.165) is 56.2 Å². The highest BCUT2D eigenvalue weighted by Crippen LogP contribution is 2.40. The van der Waals surface area contributed by atoms with E-state index in [1.165, 1.54) is 0 Å². The van der Waals surface area contributed by atoms with Crippen molar-refractivity contribution < 1.29 is 9.32 Å². The van der Waals surface area contributed by atoms with Crippen LogP contribution in [-0.2, 0) is 0 Å². The van der Waals surface area contributed by atoms with Crippen LogP contribution in [0.3, 0.4) is 0 Å². The molecular formula is C19H20N4O2. The summed E-state index contributed by atoms with van der Waals surface area (Å²) in [6, 6.07) is 7.52. The highest BCUT2D eigenvalue weighted by atomic mass is 16.5. The van der Waals surface area contributed by atoms with Gasteiger partial charge in [-0.25, -0.2) is 0 Å². The van der Waals surface area contributed by atoms with Crippen LogP contribution in [0, 0.1) is 11.3 Å². The Morgan fingerprint density at radius 2 is 2.00 bits per heavy atom. The molecule has 0 unspecified atom stereocenters. The summed E-state index contributed by atoms with van der Waals surface area (Å²) >= 11 is 0. The van der Waals surface area contributed by atoms with Gasteiger partial charge in [-0.3, -0.25) is 4.79 Å². The summed E-state index contributed by atoms with van der Waals surface area (Å²) in [5.74, 6) is 2.40. The first-order chi connectivity index (χ1) is 12.2. The Hall–Kier alpha value is -2.68. The first-order valence-electron chi connectivity index (χ1n) is 8.79. The third-order valence-electron chi connectivity index (χ3n) is 5.11. The third-order valence-corrected chi connectivity index (χ3v) is 5.11. The van der Waals surface area contributed by atoms with Crippen molar-refractivity contribution in [1.29, 1.82) is 5.26 Å². The quantitative estimate of drug-likeness (QED) is 0.796. The fourth-order valence-corrected chi connectivity index (χ4v) is 3.39. The maximum atomic E-state index is 11.7. The third kappa shape index (κ3) is 3.14. The molecule has 1 saturated heterocycles. The van der Waals surface area contributed by atoms with E-state index in [9.17, 15) is 10.1 Å². The fourth-order valence-electron chi connectivity index (χ4n) is 3.39. The van der Waals surface area contributed by atoms with Crippen molar-refractivity contribution in [1.82, 2.24) is 10.1 Å². The smallest absolute Gasteiger partial charge is 0.229 e. The van der Waals surface area contributed by atoms with E-state index in [1.807, 2.05) is 6.07 Å². The lowest BCUT2D eigenvalue weighted by Gasteiger charge is -2.33. The topological polar surface area (TPSA) is 83.0 Å². The molecular weight excluding hydrogens is 316 g/mol. The number of nitriles is 1. The van der Waals surface area contributed by atoms with Crippen LogP contribution in [0.5, 0.6) is 0 Å². The molecule has 0 N–H and O–H groups in total. The van der Waals surface area contributed by atoms with Crippen molar-refractivity contribution in [3.63, 3.8) is 0 Å². The van der Waals surface area contributed by atoms with Crippen molar-refractivity contribution in [3.8, 4) is 6.07 Å². The molecule has 2 aromatic rings. The van der Waals surface area contributed by atoms with Crippen molar-refractivity contribution in [3.05, 3.63) is 41.0 Å². The van der Waals surface area contributed by atoms with Gasteiger partial charge in [-0.2, -0.15) is 10.2 Å². The van der Waals surface area contributed by atoms with Crippen molar-refractivity contribution in [2.45, 2.75) is 44.4 Å². The van der Waals surface area contributed by atoms with Crippen molar-refractivity contribution >= 4 is 11.5 Å². The van der Waals surface area contributed by atoms with Gasteiger partial charge in [-0.1, -0.05) is 5.16 Å². The Morgan fingerprint density at radius 1 is 1.24 bits per heavy atom. The normalized spacial score (nSPS) is 18.2. The number of hydrogen-bond acceptors (Lipinski definition) is 6. The number of carbonyl (C=O) groups is 1. The van der Waals surface area contributed by atoms with Crippen molar-refractivity contribution in [2.75, 3.05) is 18.0 Å². The van der Waals surface area contributed by atoms with E-state index in [0.29, 0.717) is 23.0 Å². The van der Waals surface area contributed by atoms with E-state index >= 15 is 0 Å². The fraction of sp³-hybridized carbons (Fsp3) is 0.474. The average molecular weight is 336 g/mol. The number of aromatic nitrogens is 2. The van der Waals surface area contributed by atoms with Crippen LogP contribution in [0.2, 0.25) is 0 Å². The number of benzene rings is 1. The molecule has 0 bridgehead atoms. The lowest BCUT2D eigenvalue weighted by molar-refractivity contribution is 0.101. The standard InChI is InChI=1S/C19H20N4O2/c1-12(24)15-4-5-16(11-20)17(10-15)23-8-6-13(7-9-23)18-21-19(25-22-18)14-2-3-14/h4-5,10,13-14H,2-3,6-9H2,1H3. The monoisotopic (exact) mass is 336 g/mol. The Morgan fingerprint density at radius 3 is 2.64 bits per heavy atom. The number of rotatable bonds is 4. The van der Waals surface area contributed by atoms with E-state index < -0.39 is 0 Å². The van der Waals surface area contributed by atoms with Gasteiger partial charge in [0.1, 0.15) is 6.07 Å². The van der Waals surface area contributed by atoms with E-state index in [4.69, 9.17) is 4.52 Å². The Bertz CT molecular complexity index is 839. The molecule has 0 amide bonds. The number of carbonyl (C=O) groups excluding carboxylic acids is 1. The van der Waals surface area contributed by atoms with E-state index in [2.05, 4.69) is 21.1 Å². The lowest BCUT2D eigenvalue weighted by atomic mass is 9.95. The second kappa shape index (κ2) is 6.32. The Balaban J connectivity index is 1.48. The number of ketones is 1. The van der Waals surface area contributed by atoms with Gasteiger partial charge >= 0.3 is 0 Å². The molecule has 0 radical (unpaired) electrons. The molecule has 25 heavy (non-hydrogen) atoms. The maximum absolute atomic E-state index is 11.7. The zero-order valence-corrected chi connectivity index (χ0v) is 14.2. The SMILES string of the molecule is CC(=O)c1ccc(C#N)c(N2CCC(c3noc(C4CC4)n3)CC2)c1. The number of nitrogens with zero attached hydrogens (tertiary/aromatic N) is 4. The predicted molar refractivity (Wildman–Crippen MR) is 91.6 cm³/mol. The van der Waals surface area contributed by atoms with Crippen molar-refractivity contribution in [2.24, 2.45) is 0 Å². The summed E-state index contributed by atoms with van der Waals surface area (Å²) in [6.07, 6.45) is 4.14. The molecule has 1 aliphatic carbocycles. The van der Waals surface area contributed by atoms with Gasteiger partial charge in [0.25, 0.3) is 0 Å². The van der Waals surface area contributed by atoms with Gasteiger partial charge < -0.3 is 9.42 Å². The number of Topliss-reactive ketones (excluding diaryl/α,β-unsaturated/α-hetero) is 1. The summed E-state index contributed by atoms with van der Waals surface area (Å²) in [6.45, 7) is 3.17. The van der Waals surface area contributed by atoms with Gasteiger partial charge in [0.2, 0.25) is 5.89 Å². The van der Waals surface area contributed by atoms with Gasteiger partial charge in [-0.05, 0) is 50.8 Å². The average Bonchev–Trinajstić information content (AvgIpc) is 3.38.